The summed E-state index contributed by atoms with van der Waals surface area (Å²) in [7, 11) is 0. The van der Waals surface area contributed by atoms with Gasteiger partial charge in [-0.3, -0.25) is 19.4 Å². The first-order valence-electron chi connectivity index (χ1n) is 15.5. The fourth-order valence-corrected chi connectivity index (χ4v) is 7.75. The Balaban J connectivity index is 1.25. The van der Waals surface area contributed by atoms with E-state index in [0.29, 0.717) is 30.4 Å². The molecule has 3 aliphatic rings. The van der Waals surface area contributed by atoms with Crippen LogP contribution in [-0.2, 0) is 16.1 Å². The summed E-state index contributed by atoms with van der Waals surface area (Å²) < 4.78 is 0.873. The zero-order valence-corrected chi connectivity index (χ0v) is 26.7. The predicted octanol–water partition coefficient (Wildman–Crippen LogP) is 5.68. The number of hydrogen-bond acceptors (Lipinski definition) is 6. The molecule has 0 radical (unpaired) electrons. The molecule has 43 heavy (non-hydrogen) atoms. The smallest absolute Gasteiger partial charge is 0.234 e. The molecule has 8 heteroatoms. The average molecular weight is 652 g/mol. The van der Waals surface area contributed by atoms with Crippen molar-refractivity contribution < 1.29 is 24.9 Å². The van der Waals surface area contributed by atoms with E-state index < -0.39 is 23.9 Å². The van der Waals surface area contributed by atoms with Gasteiger partial charge in [0.15, 0.2) is 0 Å². The summed E-state index contributed by atoms with van der Waals surface area (Å²) in [6.45, 7) is 6.19. The number of rotatable bonds is 10. The second kappa shape index (κ2) is 13.9. The largest absolute Gasteiger partial charge is 0.507 e. The molecule has 4 atom stereocenters. The lowest BCUT2D eigenvalue weighted by Gasteiger charge is -2.36. The number of likely N-dealkylation sites (tertiary alicyclic amines) is 2. The summed E-state index contributed by atoms with van der Waals surface area (Å²) in [5.41, 5.74) is 4.67. The van der Waals surface area contributed by atoms with Gasteiger partial charge in [-0.2, -0.15) is 0 Å². The summed E-state index contributed by atoms with van der Waals surface area (Å²) in [6, 6.07) is 15.5. The summed E-state index contributed by atoms with van der Waals surface area (Å²) >= 11 is 3.45. The molecule has 7 nitrogen and oxygen atoms in total. The van der Waals surface area contributed by atoms with E-state index in [4.69, 9.17) is 0 Å². The number of amides is 2. The number of piperidine rings is 1. The van der Waals surface area contributed by atoms with Crippen molar-refractivity contribution in [2.75, 3.05) is 19.7 Å². The van der Waals surface area contributed by atoms with Gasteiger partial charge in [0, 0.05) is 41.6 Å². The highest BCUT2D eigenvalue weighted by atomic mass is 79.9. The number of hydrogen-bond donors (Lipinski definition) is 3. The third kappa shape index (κ3) is 6.83. The third-order valence-corrected chi connectivity index (χ3v) is 10.1. The Bertz CT molecular complexity index is 1380. The van der Waals surface area contributed by atoms with Crippen LogP contribution in [0.15, 0.2) is 69.7 Å². The SMILES string of the molecule is CC/C(=C\c1cc(Br)ccc1O)CC[C@@H](O)C1=C(C)C[C@H]2C(=O)N(C3CCN(Cc4ccccc4)CC3)C(=O)[C@H]2[C@H]1CO. The first-order valence-corrected chi connectivity index (χ1v) is 16.3. The van der Waals surface area contributed by atoms with E-state index >= 15 is 0 Å². The van der Waals surface area contributed by atoms with E-state index in [9.17, 15) is 24.9 Å². The van der Waals surface area contributed by atoms with Crippen molar-refractivity contribution in [2.45, 2.75) is 71.1 Å². The number of aliphatic hydroxyl groups excluding tert-OH is 2. The van der Waals surface area contributed by atoms with Crippen molar-refractivity contribution in [1.29, 1.82) is 0 Å². The van der Waals surface area contributed by atoms with Gasteiger partial charge >= 0.3 is 0 Å². The first kappa shape index (κ1) is 31.6. The topological polar surface area (TPSA) is 101 Å². The van der Waals surface area contributed by atoms with Crippen LogP contribution >= 0.6 is 15.9 Å². The van der Waals surface area contributed by atoms with Crippen molar-refractivity contribution in [2.24, 2.45) is 17.8 Å². The van der Waals surface area contributed by atoms with Gasteiger partial charge in [0.2, 0.25) is 11.8 Å². The van der Waals surface area contributed by atoms with Crippen molar-refractivity contribution in [3.63, 3.8) is 0 Å². The van der Waals surface area contributed by atoms with Crippen molar-refractivity contribution >= 4 is 33.8 Å². The normalized spacial score (nSPS) is 24.5. The van der Waals surface area contributed by atoms with Crippen LogP contribution in [0.25, 0.3) is 6.08 Å². The first-order chi connectivity index (χ1) is 20.7. The second-order valence-electron chi connectivity index (χ2n) is 12.3. The monoisotopic (exact) mass is 650 g/mol. The molecule has 2 fully saturated rings. The zero-order valence-electron chi connectivity index (χ0n) is 25.1. The Morgan fingerprint density at radius 3 is 2.49 bits per heavy atom. The maximum absolute atomic E-state index is 13.9. The molecule has 2 saturated heterocycles. The number of phenolic OH excluding ortho intramolecular Hbond substituents is 1. The summed E-state index contributed by atoms with van der Waals surface area (Å²) in [4.78, 5) is 31.4. The van der Waals surface area contributed by atoms with E-state index in [2.05, 4.69) is 33.0 Å². The molecule has 0 spiro atoms. The number of benzene rings is 2. The minimum atomic E-state index is -0.831. The van der Waals surface area contributed by atoms with Crippen LogP contribution < -0.4 is 0 Å². The van der Waals surface area contributed by atoms with E-state index in [1.165, 1.54) is 10.5 Å². The quantitative estimate of drug-likeness (QED) is 0.226. The summed E-state index contributed by atoms with van der Waals surface area (Å²) in [6.07, 6.45) is 4.85. The minimum absolute atomic E-state index is 0.118. The molecule has 2 aliphatic heterocycles. The van der Waals surface area contributed by atoms with Gasteiger partial charge < -0.3 is 15.3 Å². The van der Waals surface area contributed by atoms with E-state index in [-0.39, 0.29) is 30.2 Å². The van der Waals surface area contributed by atoms with Crippen LogP contribution in [0.2, 0.25) is 0 Å². The van der Waals surface area contributed by atoms with Crippen LogP contribution in [0.3, 0.4) is 0 Å². The Morgan fingerprint density at radius 1 is 1.09 bits per heavy atom. The van der Waals surface area contributed by atoms with Crippen LogP contribution in [0.1, 0.15) is 63.5 Å². The van der Waals surface area contributed by atoms with Gasteiger partial charge in [0.05, 0.1) is 24.5 Å². The van der Waals surface area contributed by atoms with Crippen molar-refractivity contribution in [3.8, 4) is 5.75 Å². The number of carbonyl (C=O) groups is 2. The third-order valence-electron chi connectivity index (χ3n) is 9.63. The maximum atomic E-state index is 13.9. The molecule has 2 aromatic carbocycles. The fraction of sp³-hybridized carbons (Fsp3) is 0.486. The van der Waals surface area contributed by atoms with Gasteiger partial charge in [-0.15, -0.1) is 0 Å². The molecular formula is C35H43BrN2O5. The van der Waals surface area contributed by atoms with Gasteiger partial charge in [0.1, 0.15) is 5.75 Å². The van der Waals surface area contributed by atoms with Crippen molar-refractivity contribution in [1.82, 2.24) is 9.80 Å². The molecule has 3 N–H and O–H groups in total. The average Bonchev–Trinajstić information content (AvgIpc) is 3.25. The molecule has 0 aromatic heterocycles. The maximum Gasteiger partial charge on any atom is 0.234 e. The lowest BCUT2D eigenvalue weighted by molar-refractivity contribution is -0.144. The summed E-state index contributed by atoms with van der Waals surface area (Å²) in [5, 5.41) is 32.2. The minimum Gasteiger partial charge on any atom is -0.507 e. The number of carbonyl (C=O) groups excluding carboxylic acids is 2. The van der Waals surface area contributed by atoms with Crippen LogP contribution in [0.4, 0.5) is 0 Å². The number of phenols is 1. The predicted molar refractivity (Wildman–Crippen MR) is 171 cm³/mol. The Labute approximate surface area is 263 Å². The Hall–Kier alpha value is -2.78. The molecule has 2 aromatic rings. The van der Waals surface area contributed by atoms with E-state index in [0.717, 1.165) is 54.5 Å². The number of aliphatic hydroxyl groups is 2. The highest BCUT2D eigenvalue weighted by Crippen LogP contribution is 2.47. The second-order valence-corrected chi connectivity index (χ2v) is 13.2. The number of imide groups is 1. The van der Waals surface area contributed by atoms with Crippen molar-refractivity contribution in [3.05, 3.63) is 80.8 Å². The molecular weight excluding hydrogens is 608 g/mol. The summed E-state index contributed by atoms with van der Waals surface area (Å²) in [5.74, 6) is -1.79. The molecule has 2 heterocycles. The van der Waals surface area contributed by atoms with E-state index in [1.54, 1.807) is 12.1 Å². The Kier molecular flexibility index (Phi) is 10.2. The highest BCUT2D eigenvalue weighted by molar-refractivity contribution is 9.10. The Morgan fingerprint density at radius 2 is 1.81 bits per heavy atom. The number of aromatic hydroxyl groups is 1. The van der Waals surface area contributed by atoms with Crippen LogP contribution in [0, 0.1) is 17.8 Å². The van der Waals surface area contributed by atoms with E-state index in [1.807, 2.05) is 44.2 Å². The van der Waals surface area contributed by atoms with Crippen LogP contribution in [0.5, 0.6) is 5.75 Å². The number of halogens is 1. The molecule has 230 valence electrons. The molecule has 5 rings (SSSR count). The molecule has 1 aliphatic carbocycles. The van der Waals surface area contributed by atoms with Gasteiger partial charge in [-0.25, -0.2) is 0 Å². The lowest BCUT2D eigenvalue weighted by atomic mass is 9.68. The molecule has 2 amide bonds. The fourth-order valence-electron chi connectivity index (χ4n) is 7.37. The standard InChI is InChI=1S/C35H43BrN2O5/c1-3-23(18-25-19-26(36)10-12-30(25)40)9-11-31(41)32-22(2)17-28-33(29(32)21-39)35(43)38(34(28)42)27-13-15-37(16-14-27)20-24-7-5-4-6-8-24/h4-8,10,12,18-19,27-29,31,33,39-41H,3,9,11,13-17,20-21H2,1-2H3/b23-18+/t28-,29+,31-,33-/m1/s1. The molecule has 0 saturated carbocycles. The van der Waals surface area contributed by atoms with Gasteiger partial charge in [0.25, 0.3) is 0 Å². The lowest BCUT2D eigenvalue weighted by Crippen LogP contribution is -2.47. The van der Waals surface area contributed by atoms with Crippen LogP contribution in [-0.4, -0.2) is 68.8 Å². The number of allylic oxidation sites excluding steroid dienone is 2. The molecule has 0 bridgehead atoms. The number of nitrogens with zero attached hydrogens (tertiary/aromatic N) is 2. The van der Waals surface area contributed by atoms with Gasteiger partial charge in [-0.05, 0) is 74.8 Å². The highest BCUT2D eigenvalue weighted by Gasteiger charge is 2.56. The zero-order chi connectivity index (χ0) is 30.7. The van der Waals surface area contributed by atoms with Gasteiger partial charge in [-0.1, -0.05) is 70.4 Å². The number of fused-ring (bicyclic) bond motifs is 1. The molecule has 0 unspecified atom stereocenters.